The maximum atomic E-state index is 6.11. The van der Waals surface area contributed by atoms with Crippen LogP contribution < -0.4 is 20.1 Å². The Morgan fingerprint density at radius 2 is 2.12 bits per heavy atom. The average molecular weight is 357 g/mol. The van der Waals surface area contributed by atoms with Crippen molar-refractivity contribution in [2.75, 3.05) is 12.4 Å². The number of rotatable bonds is 3. The van der Waals surface area contributed by atoms with Crippen molar-refractivity contribution in [2.24, 2.45) is 0 Å². The highest BCUT2D eigenvalue weighted by Crippen LogP contribution is 2.41. The summed E-state index contributed by atoms with van der Waals surface area (Å²) in [7, 11) is 1.65. The second-order valence-corrected chi connectivity index (χ2v) is 7.25. The van der Waals surface area contributed by atoms with Crippen LogP contribution in [-0.4, -0.2) is 22.8 Å². The van der Waals surface area contributed by atoms with E-state index >= 15 is 0 Å². The molecule has 0 spiro atoms. The average Bonchev–Trinajstić information content (AvgIpc) is 2.53. The molecule has 0 radical (unpaired) electrons. The molecule has 0 amide bonds. The van der Waals surface area contributed by atoms with E-state index in [9.17, 15) is 0 Å². The van der Waals surface area contributed by atoms with Gasteiger partial charge in [0.25, 0.3) is 0 Å². The second kappa shape index (κ2) is 6.88. The van der Waals surface area contributed by atoms with Crippen LogP contribution in [0.15, 0.2) is 36.5 Å². The maximum absolute atomic E-state index is 6.11. The van der Waals surface area contributed by atoms with Crippen molar-refractivity contribution >= 4 is 23.1 Å². The number of nitrogens with zero attached hydrogens (tertiary/aromatic N) is 1. The van der Waals surface area contributed by atoms with Crippen LogP contribution in [0.4, 0.5) is 5.82 Å². The van der Waals surface area contributed by atoms with Crippen molar-refractivity contribution < 1.29 is 9.47 Å². The Morgan fingerprint density at radius 1 is 1.32 bits per heavy atom. The number of aromatic nitrogens is 1. The van der Waals surface area contributed by atoms with Crippen LogP contribution in [0.25, 0.3) is 0 Å². The zero-order valence-electron chi connectivity index (χ0n) is 14.9. The molecular weight excluding hydrogens is 334 g/mol. The lowest BCUT2D eigenvalue weighted by Gasteiger charge is -2.38. The Hall–Kier alpha value is -2.34. The van der Waals surface area contributed by atoms with E-state index in [0.29, 0.717) is 5.11 Å². The van der Waals surface area contributed by atoms with Crippen LogP contribution in [-0.2, 0) is 0 Å². The zero-order valence-corrected chi connectivity index (χ0v) is 15.7. The Labute approximate surface area is 153 Å². The molecule has 1 aromatic carbocycles. The predicted molar refractivity (Wildman–Crippen MR) is 103 cm³/mol. The summed E-state index contributed by atoms with van der Waals surface area (Å²) in [6.45, 7) is 6.17. The van der Waals surface area contributed by atoms with Gasteiger partial charge in [0.15, 0.2) is 5.11 Å². The van der Waals surface area contributed by atoms with Gasteiger partial charge in [-0.2, -0.15) is 0 Å². The highest BCUT2D eigenvalue weighted by atomic mass is 32.1. The zero-order chi connectivity index (χ0) is 18.0. The van der Waals surface area contributed by atoms with Gasteiger partial charge < -0.3 is 20.1 Å². The number of hydrogen-bond donors (Lipinski definition) is 2. The molecule has 6 heteroatoms. The molecule has 2 N–H and O–H groups in total. The molecule has 0 saturated heterocycles. The number of benzene rings is 1. The molecule has 5 nitrogen and oxygen atoms in total. The first-order valence-electron chi connectivity index (χ1n) is 8.23. The molecule has 2 aromatic rings. The molecule has 1 aliphatic rings. The predicted octanol–water partition coefficient (Wildman–Crippen LogP) is 3.99. The molecule has 132 valence electrons. The molecule has 0 bridgehead atoms. The van der Waals surface area contributed by atoms with E-state index in [1.54, 1.807) is 13.3 Å². The summed E-state index contributed by atoms with van der Waals surface area (Å²) in [5.41, 5.74) is 1.90. The molecule has 0 aliphatic carbocycles. The van der Waals surface area contributed by atoms with E-state index in [1.165, 1.54) is 0 Å². The monoisotopic (exact) mass is 357 g/mol. The molecule has 0 unspecified atom stereocenters. The quantitative estimate of drug-likeness (QED) is 0.810. The number of hydrogen-bond acceptors (Lipinski definition) is 4. The number of aryl methyl sites for hydroxylation is 1. The Bertz CT molecular complexity index is 792. The third kappa shape index (κ3) is 4.20. The normalized spacial score (nSPS) is 17.8. The molecule has 1 aromatic heterocycles. The third-order valence-electron chi connectivity index (χ3n) is 4.14. The standard InChI is InChI=1S/C19H23N3O2S/c1-12-7-8-20-17(9-12)22-18(25)21-15-11-19(2,3)24-16-10-13(23-4)5-6-14(15)16/h5-10,15H,11H2,1-4H3,(H2,20,21,22,25)/t15-/m1/s1. The molecule has 1 aliphatic heterocycles. The van der Waals surface area contributed by atoms with Gasteiger partial charge in [0.05, 0.1) is 13.2 Å². The number of anilines is 1. The van der Waals surface area contributed by atoms with Crippen LogP contribution in [0.3, 0.4) is 0 Å². The molecule has 2 heterocycles. The van der Waals surface area contributed by atoms with E-state index in [4.69, 9.17) is 21.7 Å². The fourth-order valence-electron chi connectivity index (χ4n) is 3.00. The summed E-state index contributed by atoms with van der Waals surface area (Å²) in [4.78, 5) is 4.29. The summed E-state index contributed by atoms with van der Waals surface area (Å²) >= 11 is 5.49. The molecule has 0 saturated carbocycles. The van der Waals surface area contributed by atoms with Gasteiger partial charge in [-0.3, -0.25) is 0 Å². The Morgan fingerprint density at radius 3 is 2.84 bits per heavy atom. The van der Waals surface area contributed by atoms with Gasteiger partial charge in [0, 0.05) is 24.2 Å². The Balaban J connectivity index is 1.79. The van der Waals surface area contributed by atoms with Crippen LogP contribution in [0.2, 0.25) is 0 Å². The highest BCUT2D eigenvalue weighted by Gasteiger charge is 2.34. The fraction of sp³-hybridized carbons (Fsp3) is 0.368. The summed E-state index contributed by atoms with van der Waals surface area (Å²) in [5.74, 6) is 2.34. The minimum atomic E-state index is -0.297. The third-order valence-corrected chi connectivity index (χ3v) is 4.36. The van der Waals surface area contributed by atoms with Crippen LogP contribution in [0.1, 0.15) is 37.4 Å². The van der Waals surface area contributed by atoms with Crippen molar-refractivity contribution in [3.63, 3.8) is 0 Å². The van der Waals surface area contributed by atoms with Gasteiger partial charge in [-0.1, -0.05) is 0 Å². The number of nitrogens with one attached hydrogen (secondary N) is 2. The van der Waals surface area contributed by atoms with Crippen molar-refractivity contribution in [1.29, 1.82) is 0 Å². The minimum Gasteiger partial charge on any atom is -0.497 e. The first-order chi connectivity index (χ1) is 11.9. The smallest absolute Gasteiger partial charge is 0.172 e. The first-order valence-corrected chi connectivity index (χ1v) is 8.64. The van der Waals surface area contributed by atoms with Crippen LogP contribution in [0.5, 0.6) is 11.5 Å². The van der Waals surface area contributed by atoms with E-state index < -0.39 is 0 Å². The van der Waals surface area contributed by atoms with E-state index in [0.717, 1.165) is 34.9 Å². The highest BCUT2D eigenvalue weighted by molar-refractivity contribution is 7.80. The largest absolute Gasteiger partial charge is 0.497 e. The van der Waals surface area contributed by atoms with Gasteiger partial charge in [0.1, 0.15) is 22.9 Å². The molecule has 0 fully saturated rings. The number of pyridine rings is 1. The van der Waals surface area contributed by atoms with Gasteiger partial charge in [-0.05, 0) is 62.8 Å². The summed E-state index contributed by atoms with van der Waals surface area (Å²) < 4.78 is 11.4. The SMILES string of the molecule is COc1ccc2c(c1)OC(C)(C)C[C@H]2NC(=S)Nc1cc(C)ccn1. The maximum Gasteiger partial charge on any atom is 0.172 e. The lowest BCUT2D eigenvalue weighted by atomic mass is 9.89. The summed E-state index contributed by atoms with van der Waals surface area (Å²) in [6.07, 6.45) is 2.56. The van der Waals surface area contributed by atoms with Crippen molar-refractivity contribution in [3.8, 4) is 11.5 Å². The van der Waals surface area contributed by atoms with Crippen molar-refractivity contribution in [3.05, 3.63) is 47.7 Å². The Kier molecular flexibility index (Phi) is 4.81. The van der Waals surface area contributed by atoms with Crippen molar-refractivity contribution in [1.82, 2.24) is 10.3 Å². The number of ether oxygens (including phenoxy) is 2. The van der Waals surface area contributed by atoms with E-state index in [1.807, 2.05) is 37.3 Å². The molecule has 3 rings (SSSR count). The van der Waals surface area contributed by atoms with Crippen LogP contribution in [0, 0.1) is 6.92 Å². The number of fused-ring (bicyclic) bond motifs is 1. The molecule has 25 heavy (non-hydrogen) atoms. The summed E-state index contributed by atoms with van der Waals surface area (Å²) in [5, 5.41) is 7.09. The molecular formula is C19H23N3O2S. The topological polar surface area (TPSA) is 55.4 Å². The van der Waals surface area contributed by atoms with E-state index in [2.05, 4.69) is 29.5 Å². The number of methoxy groups -OCH3 is 1. The minimum absolute atomic E-state index is 0.0504. The van der Waals surface area contributed by atoms with E-state index in [-0.39, 0.29) is 11.6 Å². The van der Waals surface area contributed by atoms with Gasteiger partial charge in [0.2, 0.25) is 0 Å². The number of thiocarbonyl (C=S) groups is 1. The van der Waals surface area contributed by atoms with Gasteiger partial charge >= 0.3 is 0 Å². The van der Waals surface area contributed by atoms with Crippen LogP contribution >= 0.6 is 12.2 Å². The molecule has 1 atom stereocenters. The van der Waals surface area contributed by atoms with Gasteiger partial charge in [-0.15, -0.1) is 0 Å². The first kappa shape index (κ1) is 17.5. The van der Waals surface area contributed by atoms with Gasteiger partial charge in [-0.25, -0.2) is 4.98 Å². The summed E-state index contributed by atoms with van der Waals surface area (Å²) in [6, 6.07) is 9.84. The second-order valence-electron chi connectivity index (χ2n) is 6.84. The lowest BCUT2D eigenvalue weighted by molar-refractivity contribution is 0.0693. The van der Waals surface area contributed by atoms with Crippen molar-refractivity contribution in [2.45, 2.75) is 38.8 Å². The lowest BCUT2D eigenvalue weighted by Crippen LogP contribution is -2.42. The fourth-order valence-corrected chi connectivity index (χ4v) is 3.25.